The molecule has 0 aliphatic heterocycles. The van der Waals surface area contributed by atoms with Gasteiger partial charge in [-0.1, -0.05) is 0 Å². The number of hydrogen-bond donors (Lipinski definition) is 2. The molecule has 0 amide bonds. The lowest BCUT2D eigenvalue weighted by molar-refractivity contribution is 0.449. The standard InChI is InChI=1S/C14H12F3N3O/c15-8-5-6-10(12(17)11(8)16)19-14-18-9-4-2-1-3-7(9)13(21)20-14/h5-6H,1-4H2,(H2,18,19,20,21). The van der Waals surface area contributed by atoms with E-state index < -0.39 is 17.5 Å². The smallest absolute Gasteiger partial charge is 0.255 e. The monoisotopic (exact) mass is 295 g/mol. The highest BCUT2D eigenvalue weighted by molar-refractivity contribution is 5.54. The molecule has 0 saturated heterocycles. The lowest BCUT2D eigenvalue weighted by atomic mass is 9.97. The van der Waals surface area contributed by atoms with E-state index in [9.17, 15) is 18.0 Å². The third kappa shape index (κ3) is 2.51. The second-order valence-corrected chi connectivity index (χ2v) is 4.89. The molecule has 0 bridgehead atoms. The fraction of sp³-hybridized carbons (Fsp3) is 0.286. The van der Waals surface area contributed by atoms with Crippen LogP contribution in [0.1, 0.15) is 24.1 Å². The molecule has 0 unspecified atom stereocenters. The lowest BCUT2D eigenvalue weighted by Gasteiger charge is -2.15. The third-order valence-electron chi connectivity index (χ3n) is 3.48. The molecule has 7 heteroatoms. The quantitative estimate of drug-likeness (QED) is 0.838. The van der Waals surface area contributed by atoms with Gasteiger partial charge in [-0.05, 0) is 37.8 Å². The fourth-order valence-corrected chi connectivity index (χ4v) is 2.41. The summed E-state index contributed by atoms with van der Waals surface area (Å²) in [6.45, 7) is 0. The number of anilines is 2. The van der Waals surface area contributed by atoms with Crippen molar-refractivity contribution in [3.63, 3.8) is 0 Å². The van der Waals surface area contributed by atoms with Crippen molar-refractivity contribution < 1.29 is 13.2 Å². The molecule has 0 saturated carbocycles. The fourth-order valence-electron chi connectivity index (χ4n) is 2.41. The Morgan fingerprint density at radius 3 is 2.67 bits per heavy atom. The molecule has 1 aromatic heterocycles. The number of halogens is 3. The first-order valence-corrected chi connectivity index (χ1v) is 6.59. The third-order valence-corrected chi connectivity index (χ3v) is 3.48. The number of aryl methyl sites for hydroxylation is 1. The number of aromatic amines is 1. The number of nitrogens with zero attached hydrogens (tertiary/aromatic N) is 1. The summed E-state index contributed by atoms with van der Waals surface area (Å²) in [4.78, 5) is 18.6. The maximum atomic E-state index is 13.6. The van der Waals surface area contributed by atoms with E-state index in [1.165, 1.54) is 0 Å². The highest BCUT2D eigenvalue weighted by Crippen LogP contribution is 2.23. The maximum absolute atomic E-state index is 13.6. The molecule has 4 nitrogen and oxygen atoms in total. The Morgan fingerprint density at radius 2 is 1.86 bits per heavy atom. The van der Waals surface area contributed by atoms with Crippen LogP contribution in [0, 0.1) is 17.5 Å². The van der Waals surface area contributed by atoms with E-state index in [-0.39, 0.29) is 17.2 Å². The molecule has 1 aromatic carbocycles. The van der Waals surface area contributed by atoms with Gasteiger partial charge in [0.25, 0.3) is 5.56 Å². The summed E-state index contributed by atoms with van der Waals surface area (Å²) < 4.78 is 39.6. The van der Waals surface area contributed by atoms with Crippen molar-refractivity contribution in [2.75, 3.05) is 5.32 Å². The van der Waals surface area contributed by atoms with E-state index in [1.807, 2.05) is 0 Å². The van der Waals surface area contributed by atoms with Crippen LogP contribution in [0.15, 0.2) is 16.9 Å². The normalized spacial score (nSPS) is 13.9. The van der Waals surface area contributed by atoms with E-state index in [2.05, 4.69) is 15.3 Å². The minimum absolute atomic E-state index is 0.0190. The van der Waals surface area contributed by atoms with Crippen molar-refractivity contribution in [2.45, 2.75) is 25.7 Å². The van der Waals surface area contributed by atoms with Crippen LogP contribution in [0.2, 0.25) is 0 Å². The molecule has 3 rings (SSSR count). The maximum Gasteiger partial charge on any atom is 0.255 e. The summed E-state index contributed by atoms with van der Waals surface area (Å²) in [7, 11) is 0. The molecule has 0 fully saturated rings. The molecule has 21 heavy (non-hydrogen) atoms. The molecule has 0 atom stereocenters. The Bertz CT molecular complexity index is 758. The van der Waals surface area contributed by atoms with E-state index in [0.29, 0.717) is 24.1 Å². The van der Waals surface area contributed by atoms with Gasteiger partial charge in [-0.2, -0.15) is 0 Å². The zero-order valence-corrected chi connectivity index (χ0v) is 11.0. The Labute approximate surface area is 118 Å². The molecular formula is C14H12F3N3O. The second kappa shape index (κ2) is 5.23. The zero-order chi connectivity index (χ0) is 15.0. The van der Waals surface area contributed by atoms with E-state index in [1.54, 1.807) is 0 Å². The van der Waals surface area contributed by atoms with Gasteiger partial charge >= 0.3 is 0 Å². The minimum atomic E-state index is -1.57. The number of H-pyrrole nitrogens is 1. The minimum Gasteiger partial charge on any atom is -0.323 e. The van der Waals surface area contributed by atoms with Gasteiger partial charge in [-0.25, -0.2) is 18.2 Å². The summed E-state index contributed by atoms with van der Waals surface area (Å²) in [5.41, 5.74) is 0.728. The molecule has 2 N–H and O–H groups in total. The molecule has 1 heterocycles. The molecule has 0 radical (unpaired) electrons. The number of benzene rings is 1. The van der Waals surface area contributed by atoms with Crippen molar-refractivity contribution in [3.05, 3.63) is 51.2 Å². The van der Waals surface area contributed by atoms with Crippen molar-refractivity contribution in [3.8, 4) is 0 Å². The van der Waals surface area contributed by atoms with Gasteiger partial charge in [-0.15, -0.1) is 0 Å². The highest BCUT2D eigenvalue weighted by atomic mass is 19.2. The predicted molar refractivity (Wildman–Crippen MR) is 71.1 cm³/mol. The van der Waals surface area contributed by atoms with Gasteiger partial charge in [0.1, 0.15) is 0 Å². The Morgan fingerprint density at radius 1 is 1.10 bits per heavy atom. The highest BCUT2D eigenvalue weighted by Gasteiger charge is 2.17. The van der Waals surface area contributed by atoms with Crippen molar-refractivity contribution in [1.29, 1.82) is 0 Å². The molecule has 1 aliphatic carbocycles. The van der Waals surface area contributed by atoms with Gasteiger partial charge < -0.3 is 5.32 Å². The van der Waals surface area contributed by atoms with E-state index in [0.717, 1.165) is 25.0 Å². The van der Waals surface area contributed by atoms with Crippen LogP contribution in [0.3, 0.4) is 0 Å². The van der Waals surface area contributed by atoms with Crippen LogP contribution in [-0.2, 0) is 12.8 Å². The SMILES string of the molecule is O=c1[nH]c(Nc2ccc(F)c(F)c2F)nc2c1CCCC2. The van der Waals surface area contributed by atoms with Crippen molar-refractivity contribution in [2.24, 2.45) is 0 Å². The average molecular weight is 295 g/mol. The number of fused-ring (bicyclic) bond motifs is 1. The average Bonchev–Trinajstić information content (AvgIpc) is 2.48. The van der Waals surface area contributed by atoms with Gasteiger partial charge in [0, 0.05) is 5.56 Å². The Kier molecular flexibility index (Phi) is 3.40. The summed E-state index contributed by atoms with van der Waals surface area (Å²) in [5.74, 6) is -4.17. The summed E-state index contributed by atoms with van der Waals surface area (Å²) >= 11 is 0. The van der Waals surface area contributed by atoms with Gasteiger partial charge in [0.15, 0.2) is 17.5 Å². The number of hydrogen-bond acceptors (Lipinski definition) is 3. The molecule has 2 aromatic rings. The van der Waals surface area contributed by atoms with Crippen LogP contribution in [0.5, 0.6) is 0 Å². The lowest BCUT2D eigenvalue weighted by Crippen LogP contribution is -2.22. The second-order valence-electron chi connectivity index (χ2n) is 4.89. The zero-order valence-electron chi connectivity index (χ0n) is 11.0. The summed E-state index contributed by atoms with van der Waals surface area (Å²) in [6, 6.07) is 1.85. The number of rotatable bonds is 2. The van der Waals surface area contributed by atoms with Gasteiger partial charge in [0.05, 0.1) is 11.4 Å². The molecule has 0 spiro atoms. The van der Waals surface area contributed by atoms with Crippen LogP contribution in [-0.4, -0.2) is 9.97 Å². The van der Waals surface area contributed by atoms with Crippen molar-refractivity contribution >= 4 is 11.6 Å². The first-order chi connectivity index (χ1) is 10.1. The van der Waals surface area contributed by atoms with Crippen LogP contribution in [0.4, 0.5) is 24.8 Å². The first-order valence-electron chi connectivity index (χ1n) is 6.59. The predicted octanol–water partition coefficient (Wildman–Crippen LogP) is 2.81. The molecular weight excluding hydrogens is 283 g/mol. The molecule has 110 valence electrons. The first kappa shape index (κ1) is 13.7. The summed E-state index contributed by atoms with van der Waals surface area (Å²) in [6.07, 6.45) is 3.20. The van der Waals surface area contributed by atoms with E-state index >= 15 is 0 Å². The van der Waals surface area contributed by atoms with Gasteiger partial charge in [0.2, 0.25) is 5.95 Å². The Balaban J connectivity index is 1.98. The van der Waals surface area contributed by atoms with E-state index in [4.69, 9.17) is 0 Å². The van der Waals surface area contributed by atoms with Crippen LogP contribution in [0.25, 0.3) is 0 Å². The largest absolute Gasteiger partial charge is 0.323 e. The Hall–Kier alpha value is -2.31. The number of aromatic nitrogens is 2. The molecule has 1 aliphatic rings. The number of nitrogens with one attached hydrogen (secondary N) is 2. The van der Waals surface area contributed by atoms with Crippen LogP contribution >= 0.6 is 0 Å². The van der Waals surface area contributed by atoms with Crippen molar-refractivity contribution in [1.82, 2.24) is 9.97 Å². The topological polar surface area (TPSA) is 57.8 Å². The van der Waals surface area contributed by atoms with Gasteiger partial charge in [-0.3, -0.25) is 9.78 Å². The van der Waals surface area contributed by atoms with Crippen LogP contribution < -0.4 is 10.9 Å². The summed E-state index contributed by atoms with van der Waals surface area (Å²) in [5, 5.41) is 2.48.